The maximum absolute atomic E-state index is 14.4. The van der Waals surface area contributed by atoms with E-state index in [4.69, 9.17) is 14.2 Å². The van der Waals surface area contributed by atoms with E-state index < -0.39 is 24.1 Å². The Morgan fingerprint density at radius 2 is 2.19 bits per heavy atom. The van der Waals surface area contributed by atoms with Crippen LogP contribution in [0.5, 0.6) is 11.6 Å². The van der Waals surface area contributed by atoms with E-state index >= 15 is 0 Å². The molecule has 2 aliphatic rings. The van der Waals surface area contributed by atoms with Gasteiger partial charge in [-0.05, 0) is 37.2 Å². The Balaban J connectivity index is 1.17. The summed E-state index contributed by atoms with van der Waals surface area (Å²) < 4.78 is 30.3. The molecule has 5 rings (SSSR count). The zero-order chi connectivity index (χ0) is 25.2. The van der Waals surface area contributed by atoms with Gasteiger partial charge in [-0.1, -0.05) is 0 Å². The minimum Gasteiger partial charge on any atom is -0.482 e. The van der Waals surface area contributed by atoms with Gasteiger partial charge in [-0.2, -0.15) is 0 Å². The number of amides is 2. The molecule has 3 N–H and O–H groups in total. The molecule has 0 bridgehead atoms. The number of rotatable bonds is 8. The summed E-state index contributed by atoms with van der Waals surface area (Å²) in [5.74, 6) is 0.0935. The second-order valence-electron chi connectivity index (χ2n) is 8.39. The van der Waals surface area contributed by atoms with E-state index in [1.54, 1.807) is 30.3 Å². The lowest BCUT2D eigenvalue weighted by Crippen LogP contribution is -2.33. The van der Waals surface area contributed by atoms with Gasteiger partial charge in [-0.15, -0.1) is 0 Å². The molecule has 36 heavy (non-hydrogen) atoms. The highest BCUT2D eigenvalue weighted by atomic mass is 19.1. The number of hydrogen-bond acceptors (Lipinski definition) is 9. The molecule has 0 aliphatic carbocycles. The maximum Gasteiger partial charge on any atom is 0.414 e. The van der Waals surface area contributed by atoms with Crippen LogP contribution in [0.3, 0.4) is 0 Å². The number of ether oxygens (including phenoxy) is 3. The van der Waals surface area contributed by atoms with Crippen LogP contribution in [0.15, 0.2) is 36.5 Å². The summed E-state index contributed by atoms with van der Waals surface area (Å²) in [7, 11) is 1.48. The summed E-state index contributed by atoms with van der Waals surface area (Å²) in [4.78, 5) is 33.8. The van der Waals surface area contributed by atoms with Crippen molar-refractivity contribution in [2.45, 2.75) is 25.2 Å². The van der Waals surface area contributed by atoms with Gasteiger partial charge >= 0.3 is 6.09 Å². The number of carbonyl (C=O) groups is 2. The molecular weight excluding hydrogens is 473 g/mol. The van der Waals surface area contributed by atoms with Crippen LogP contribution in [0.4, 0.5) is 20.6 Å². The van der Waals surface area contributed by atoms with Crippen molar-refractivity contribution in [3.63, 3.8) is 0 Å². The monoisotopic (exact) mass is 497 g/mol. The minimum absolute atomic E-state index is 0.0604. The van der Waals surface area contributed by atoms with Gasteiger partial charge in [-0.3, -0.25) is 14.7 Å². The van der Waals surface area contributed by atoms with E-state index in [0.29, 0.717) is 46.1 Å². The molecule has 1 saturated heterocycles. The van der Waals surface area contributed by atoms with Crippen LogP contribution in [0.2, 0.25) is 0 Å². The lowest BCUT2D eigenvalue weighted by Gasteiger charge is -2.21. The van der Waals surface area contributed by atoms with Crippen molar-refractivity contribution >= 4 is 34.4 Å². The van der Waals surface area contributed by atoms with Gasteiger partial charge in [0.2, 0.25) is 5.88 Å². The number of benzene rings is 1. The number of aliphatic hydroxyl groups excluding tert-OH is 1. The van der Waals surface area contributed by atoms with E-state index in [1.165, 1.54) is 12.0 Å². The van der Waals surface area contributed by atoms with Gasteiger partial charge in [0.25, 0.3) is 5.91 Å². The number of methoxy groups -OCH3 is 1. The number of pyridine rings is 2. The maximum atomic E-state index is 14.4. The van der Waals surface area contributed by atoms with E-state index in [0.717, 1.165) is 6.20 Å². The average molecular weight is 497 g/mol. The van der Waals surface area contributed by atoms with Crippen molar-refractivity contribution in [1.82, 2.24) is 15.3 Å². The topological polar surface area (TPSA) is 135 Å². The van der Waals surface area contributed by atoms with Crippen LogP contribution in [0.1, 0.15) is 12.0 Å². The SMILES string of the molecule is COc1ccc2ncc(F)c(CNCC[C@H](O)[C@@H]3CN(c4ccc5c(c4)NC(=O)CO5)C(=O)O3)c2n1. The van der Waals surface area contributed by atoms with E-state index in [-0.39, 0.29) is 32.0 Å². The Morgan fingerprint density at radius 3 is 3.03 bits per heavy atom. The molecule has 1 aromatic carbocycles. The van der Waals surface area contributed by atoms with Crippen molar-refractivity contribution in [2.75, 3.05) is 37.0 Å². The predicted molar refractivity (Wildman–Crippen MR) is 127 cm³/mol. The number of fused-ring (bicyclic) bond motifs is 2. The predicted octanol–water partition coefficient (Wildman–Crippen LogP) is 1.97. The highest BCUT2D eigenvalue weighted by Gasteiger charge is 2.37. The zero-order valence-electron chi connectivity index (χ0n) is 19.4. The van der Waals surface area contributed by atoms with Crippen molar-refractivity contribution < 1.29 is 33.3 Å². The number of halogens is 1. The van der Waals surface area contributed by atoms with Crippen LogP contribution < -0.4 is 25.0 Å². The fourth-order valence-electron chi connectivity index (χ4n) is 4.14. The van der Waals surface area contributed by atoms with Gasteiger partial charge in [0.1, 0.15) is 23.2 Å². The molecule has 188 valence electrons. The van der Waals surface area contributed by atoms with Crippen LogP contribution in [0, 0.1) is 5.82 Å². The second-order valence-corrected chi connectivity index (χ2v) is 8.39. The third-order valence-corrected chi connectivity index (χ3v) is 6.04. The molecular formula is C24H24FN5O6. The van der Waals surface area contributed by atoms with Crippen LogP contribution in [0.25, 0.3) is 11.0 Å². The van der Waals surface area contributed by atoms with Crippen LogP contribution in [-0.4, -0.2) is 66.1 Å². The molecule has 4 heterocycles. The number of aliphatic hydroxyl groups is 1. The first-order valence-corrected chi connectivity index (χ1v) is 11.3. The number of cyclic esters (lactones) is 1. The summed E-state index contributed by atoms with van der Waals surface area (Å²) in [5, 5.41) is 16.4. The number of nitrogens with zero attached hydrogens (tertiary/aromatic N) is 3. The highest BCUT2D eigenvalue weighted by Crippen LogP contribution is 2.34. The van der Waals surface area contributed by atoms with Gasteiger partial charge in [0.05, 0.1) is 37.2 Å². The molecule has 12 heteroatoms. The molecule has 0 spiro atoms. The minimum atomic E-state index is -0.940. The van der Waals surface area contributed by atoms with Gasteiger partial charge in [-0.25, -0.2) is 14.2 Å². The molecule has 2 atom stereocenters. The van der Waals surface area contributed by atoms with Gasteiger partial charge in [0.15, 0.2) is 6.61 Å². The van der Waals surface area contributed by atoms with Crippen LogP contribution in [-0.2, 0) is 16.1 Å². The van der Waals surface area contributed by atoms with Crippen molar-refractivity contribution in [2.24, 2.45) is 0 Å². The fourth-order valence-corrected chi connectivity index (χ4v) is 4.14. The van der Waals surface area contributed by atoms with Crippen molar-refractivity contribution in [3.05, 3.63) is 47.9 Å². The van der Waals surface area contributed by atoms with E-state index in [1.807, 2.05) is 0 Å². The summed E-state index contributed by atoms with van der Waals surface area (Å²) in [6.07, 6.45) is -0.871. The zero-order valence-corrected chi connectivity index (χ0v) is 19.4. The Labute approximate surface area is 205 Å². The second kappa shape index (κ2) is 9.91. The Kier molecular flexibility index (Phi) is 6.53. The van der Waals surface area contributed by atoms with Crippen LogP contribution >= 0.6 is 0 Å². The lowest BCUT2D eigenvalue weighted by molar-refractivity contribution is -0.118. The average Bonchev–Trinajstić information content (AvgIpc) is 3.28. The molecule has 0 saturated carbocycles. The molecule has 11 nitrogen and oxygen atoms in total. The molecule has 2 aliphatic heterocycles. The fraction of sp³-hybridized carbons (Fsp3) is 0.333. The molecule has 2 aromatic heterocycles. The molecule has 1 fully saturated rings. The number of anilines is 2. The number of carbonyl (C=O) groups excluding carboxylic acids is 2. The summed E-state index contributed by atoms with van der Waals surface area (Å²) in [6.45, 7) is 0.581. The molecule has 3 aromatic rings. The third kappa shape index (κ3) is 4.72. The summed E-state index contributed by atoms with van der Waals surface area (Å²) in [5.41, 5.74) is 2.26. The standard InChI is InChI=1S/C24H24FN5O6/c1-34-22-5-3-16-23(29-22)14(15(25)10-27-16)9-26-7-6-18(31)20-11-30(24(33)36-20)13-2-4-19-17(8-13)28-21(32)12-35-19/h2-5,8,10,18,20,26,31H,6-7,9,11-12H2,1H3,(H,28,32)/t18-,20-/m0/s1. The molecule has 0 unspecified atom stereocenters. The normalized spacial score (nSPS) is 17.9. The first kappa shape index (κ1) is 23.7. The van der Waals surface area contributed by atoms with Gasteiger partial charge < -0.3 is 30.0 Å². The van der Waals surface area contributed by atoms with E-state index in [9.17, 15) is 19.1 Å². The Hall–Kier alpha value is -4.03. The number of hydrogen-bond donors (Lipinski definition) is 3. The van der Waals surface area contributed by atoms with E-state index in [2.05, 4.69) is 20.6 Å². The molecule has 2 amide bonds. The highest BCUT2D eigenvalue weighted by molar-refractivity contribution is 5.97. The lowest BCUT2D eigenvalue weighted by atomic mass is 10.1. The van der Waals surface area contributed by atoms with Crippen molar-refractivity contribution in [3.8, 4) is 11.6 Å². The molecule has 0 radical (unpaired) electrons. The largest absolute Gasteiger partial charge is 0.482 e. The quantitative estimate of drug-likeness (QED) is 0.399. The number of nitrogens with one attached hydrogen (secondary N) is 2. The van der Waals surface area contributed by atoms with Crippen molar-refractivity contribution in [1.29, 1.82) is 0 Å². The third-order valence-electron chi connectivity index (χ3n) is 6.04. The summed E-state index contributed by atoms with van der Waals surface area (Å²) >= 11 is 0. The Bertz CT molecular complexity index is 1320. The summed E-state index contributed by atoms with van der Waals surface area (Å²) in [6, 6.07) is 8.33. The van der Waals surface area contributed by atoms with Gasteiger partial charge in [0, 0.05) is 23.9 Å². The first-order valence-electron chi connectivity index (χ1n) is 11.3. The Morgan fingerprint density at radius 1 is 1.33 bits per heavy atom. The number of aromatic nitrogens is 2. The smallest absolute Gasteiger partial charge is 0.414 e. The first-order chi connectivity index (χ1) is 17.4.